The number of carbonyl (C=O) groups is 1. The molecule has 0 aliphatic heterocycles. The van der Waals surface area contributed by atoms with Crippen LogP contribution in [0.15, 0.2) is 4.47 Å². The summed E-state index contributed by atoms with van der Waals surface area (Å²) in [6.07, 6.45) is 14.9. The van der Waals surface area contributed by atoms with Crippen LogP contribution in [0.1, 0.15) is 115 Å². The number of halogens is 1. The Balaban J connectivity index is 3.31. The molecule has 0 saturated heterocycles. The zero-order chi connectivity index (χ0) is 22.4. The molecule has 0 aliphatic carbocycles. The van der Waals surface area contributed by atoms with E-state index in [9.17, 15) is 15.0 Å². The van der Waals surface area contributed by atoms with Crippen LogP contribution in [0, 0.1) is 0 Å². The summed E-state index contributed by atoms with van der Waals surface area (Å²) in [5.41, 5.74) is 3.23. The Morgan fingerprint density at radius 2 is 1.17 bits per heavy atom. The highest BCUT2D eigenvalue weighted by molar-refractivity contribution is 9.10. The summed E-state index contributed by atoms with van der Waals surface area (Å²) in [6.45, 7) is 6.59. The third-order valence-electron chi connectivity index (χ3n) is 5.72. The number of phenols is 1. The van der Waals surface area contributed by atoms with Crippen molar-refractivity contribution in [3.63, 3.8) is 0 Å². The van der Waals surface area contributed by atoms with Crippen LogP contribution in [0.25, 0.3) is 0 Å². The fourth-order valence-corrected chi connectivity index (χ4v) is 4.74. The van der Waals surface area contributed by atoms with Gasteiger partial charge in [0.05, 0.1) is 4.47 Å². The van der Waals surface area contributed by atoms with E-state index in [1.54, 1.807) is 0 Å². The molecule has 0 aromatic heterocycles. The van der Waals surface area contributed by atoms with Gasteiger partial charge in [-0.3, -0.25) is 0 Å². The van der Waals surface area contributed by atoms with Gasteiger partial charge in [-0.1, -0.05) is 78.6 Å². The second-order valence-corrected chi connectivity index (χ2v) is 9.02. The molecular weight excluding hydrogens is 444 g/mol. The molecule has 0 spiro atoms. The SMILES string of the molecule is CCCCCCc1c(O)c(OC(=O)O)c(Br)c(CCCCCC)c1CCCCCC. The highest BCUT2D eigenvalue weighted by atomic mass is 79.9. The molecule has 0 heterocycles. The predicted molar refractivity (Wildman–Crippen MR) is 128 cm³/mol. The van der Waals surface area contributed by atoms with Crippen molar-refractivity contribution < 1.29 is 19.7 Å². The molecule has 0 atom stereocenters. The number of ether oxygens (including phenoxy) is 1. The Morgan fingerprint density at radius 1 is 0.733 bits per heavy atom. The monoisotopic (exact) mass is 484 g/mol. The molecular formula is C25H41BrO4. The van der Waals surface area contributed by atoms with E-state index < -0.39 is 6.16 Å². The summed E-state index contributed by atoms with van der Waals surface area (Å²) in [6, 6.07) is 0. The van der Waals surface area contributed by atoms with Gasteiger partial charge in [0.2, 0.25) is 0 Å². The zero-order valence-electron chi connectivity index (χ0n) is 19.2. The van der Waals surface area contributed by atoms with Crippen LogP contribution in [0.3, 0.4) is 0 Å². The second kappa shape index (κ2) is 15.6. The number of benzene rings is 1. The lowest BCUT2D eigenvalue weighted by Crippen LogP contribution is -2.10. The molecule has 0 fully saturated rings. The minimum Gasteiger partial charge on any atom is -0.504 e. The van der Waals surface area contributed by atoms with Crippen LogP contribution < -0.4 is 4.74 Å². The van der Waals surface area contributed by atoms with Crippen molar-refractivity contribution in [2.75, 3.05) is 0 Å². The van der Waals surface area contributed by atoms with Gasteiger partial charge in [-0.05, 0) is 65.6 Å². The van der Waals surface area contributed by atoms with Crippen molar-refractivity contribution >= 4 is 22.1 Å². The van der Waals surface area contributed by atoms with E-state index >= 15 is 0 Å². The predicted octanol–water partition coefficient (Wildman–Crippen LogP) is 8.58. The molecule has 0 radical (unpaired) electrons. The topological polar surface area (TPSA) is 66.8 Å². The summed E-state index contributed by atoms with van der Waals surface area (Å²) < 4.78 is 5.64. The molecule has 0 aliphatic rings. The van der Waals surface area contributed by atoms with Crippen molar-refractivity contribution in [1.82, 2.24) is 0 Å². The molecule has 4 nitrogen and oxygen atoms in total. The van der Waals surface area contributed by atoms with Gasteiger partial charge in [0.25, 0.3) is 0 Å². The van der Waals surface area contributed by atoms with E-state index in [0.717, 1.165) is 68.9 Å². The number of phenolic OH excluding ortho intramolecular Hbond substituents is 1. The maximum atomic E-state index is 11.3. The first kappa shape index (κ1) is 26.8. The number of carboxylic acid groups (broad SMARTS) is 1. The molecule has 1 rings (SSSR count). The Bertz CT molecular complexity index is 604. The number of hydrogen-bond donors (Lipinski definition) is 2. The number of aromatic hydroxyl groups is 1. The smallest absolute Gasteiger partial charge is 0.504 e. The lowest BCUT2D eigenvalue weighted by molar-refractivity contribution is 0.142. The standard InChI is InChI=1S/C25H41BrO4/c1-4-7-10-13-16-19-20(17-14-11-8-5-2)22(26)24(30-25(28)29)23(27)21(19)18-15-12-9-6-3/h27H,4-18H2,1-3H3,(H,28,29). The van der Waals surface area contributed by atoms with Gasteiger partial charge in [0.15, 0.2) is 11.5 Å². The molecule has 172 valence electrons. The normalized spacial score (nSPS) is 11.1. The summed E-state index contributed by atoms with van der Waals surface area (Å²) in [5.74, 6) is 0.0689. The molecule has 0 saturated carbocycles. The maximum Gasteiger partial charge on any atom is 0.511 e. The van der Waals surface area contributed by atoms with Gasteiger partial charge in [-0.25, -0.2) is 4.79 Å². The van der Waals surface area contributed by atoms with Crippen LogP contribution >= 0.6 is 15.9 Å². The minimum atomic E-state index is -1.39. The zero-order valence-corrected chi connectivity index (χ0v) is 20.8. The third kappa shape index (κ3) is 8.87. The molecule has 0 amide bonds. The lowest BCUT2D eigenvalue weighted by Gasteiger charge is -2.21. The van der Waals surface area contributed by atoms with Crippen molar-refractivity contribution in [3.8, 4) is 11.5 Å². The Labute approximate surface area is 191 Å². The molecule has 0 bridgehead atoms. The summed E-state index contributed by atoms with van der Waals surface area (Å²) >= 11 is 3.58. The van der Waals surface area contributed by atoms with Gasteiger partial charge in [0, 0.05) is 5.56 Å². The van der Waals surface area contributed by atoms with E-state index in [4.69, 9.17) is 4.74 Å². The van der Waals surface area contributed by atoms with E-state index in [1.807, 2.05) is 0 Å². The van der Waals surface area contributed by atoms with Crippen molar-refractivity contribution in [2.24, 2.45) is 0 Å². The average Bonchev–Trinajstić information content (AvgIpc) is 2.72. The molecule has 5 heteroatoms. The Kier molecular flexibility index (Phi) is 13.9. The number of rotatable bonds is 16. The summed E-state index contributed by atoms with van der Waals surface area (Å²) in [4.78, 5) is 11.3. The van der Waals surface area contributed by atoms with E-state index in [0.29, 0.717) is 4.47 Å². The minimum absolute atomic E-state index is 0.00331. The maximum absolute atomic E-state index is 11.3. The van der Waals surface area contributed by atoms with Crippen LogP contribution in [0.2, 0.25) is 0 Å². The number of unbranched alkanes of at least 4 members (excludes halogenated alkanes) is 9. The summed E-state index contributed by atoms with van der Waals surface area (Å²) in [7, 11) is 0. The van der Waals surface area contributed by atoms with Gasteiger partial charge in [-0.15, -0.1) is 0 Å². The molecule has 0 unspecified atom stereocenters. The molecule has 1 aromatic rings. The molecule has 2 N–H and O–H groups in total. The molecule has 1 aromatic carbocycles. The van der Waals surface area contributed by atoms with Gasteiger partial charge < -0.3 is 14.9 Å². The summed E-state index contributed by atoms with van der Waals surface area (Å²) in [5, 5.41) is 20.2. The van der Waals surface area contributed by atoms with E-state index in [2.05, 4.69) is 36.7 Å². The second-order valence-electron chi connectivity index (χ2n) is 8.23. The first-order chi connectivity index (χ1) is 14.5. The highest BCUT2D eigenvalue weighted by Gasteiger charge is 2.24. The van der Waals surface area contributed by atoms with Crippen molar-refractivity contribution in [1.29, 1.82) is 0 Å². The van der Waals surface area contributed by atoms with Crippen molar-refractivity contribution in [2.45, 2.75) is 117 Å². The van der Waals surface area contributed by atoms with Crippen molar-refractivity contribution in [3.05, 3.63) is 21.2 Å². The first-order valence-electron chi connectivity index (χ1n) is 11.9. The Hall–Kier alpha value is -1.23. The number of hydrogen-bond acceptors (Lipinski definition) is 3. The van der Waals surface area contributed by atoms with Gasteiger partial charge >= 0.3 is 6.16 Å². The molecule has 30 heavy (non-hydrogen) atoms. The highest BCUT2D eigenvalue weighted by Crippen LogP contribution is 2.45. The average molecular weight is 486 g/mol. The van der Waals surface area contributed by atoms with E-state index in [1.165, 1.54) is 44.1 Å². The fraction of sp³-hybridized carbons (Fsp3) is 0.720. The first-order valence-corrected chi connectivity index (χ1v) is 12.7. The quantitative estimate of drug-likeness (QED) is 0.140. The van der Waals surface area contributed by atoms with Crippen LogP contribution in [-0.2, 0) is 19.3 Å². The Morgan fingerprint density at radius 3 is 1.60 bits per heavy atom. The van der Waals surface area contributed by atoms with Gasteiger partial charge in [0.1, 0.15) is 0 Å². The van der Waals surface area contributed by atoms with E-state index in [-0.39, 0.29) is 11.5 Å². The van der Waals surface area contributed by atoms with Crippen LogP contribution in [0.4, 0.5) is 4.79 Å². The van der Waals surface area contributed by atoms with Crippen LogP contribution in [-0.4, -0.2) is 16.4 Å². The largest absolute Gasteiger partial charge is 0.511 e. The lowest BCUT2D eigenvalue weighted by atomic mass is 9.89. The van der Waals surface area contributed by atoms with Gasteiger partial charge in [-0.2, -0.15) is 0 Å². The third-order valence-corrected chi connectivity index (χ3v) is 6.56. The van der Waals surface area contributed by atoms with Crippen LogP contribution in [0.5, 0.6) is 11.5 Å². The fourth-order valence-electron chi connectivity index (χ4n) is 4.03.